The predicted molar refractivity (Wildman–Crippen MR) is 89.2 cm³/mol. The van der Waals surface area contributed by atoms with E-state index in [4.69, 9.17) is 4.98 Å². The molecule has 1 aromatic carbocycles. The second-order valence-electron chi connectivity index (χ2n) is 5.77. The van der Waals surface area contributed by atoms with Gasteiger partial charge in [0.2, 0.25) is 0 Å². The quantitative estimate of drug-likeness (QED) is 0.794. The molecule has 0 atom stereocenters. The normalized spacial score (nSPS) is 14.9. The highest BCUT2D eigenvalue weighted by atomic mass is 79.9. The van der Waals surface area contributed by atoms with Crippen LogP contribution in [-0.4, -0.2) is 11.0 Å². The summed E-state index contributed by atoms with van der Waals surface area (Å²) in [6.07, 6.45) is 2.48. The van der Waals surface area contributed by atoms with Crippen molar-refractivity contribution in [3.8, 4) is 10.6 Å². The molecular weight excluding hydrogens is 351 g/mol. The topological polar surface area (TPSA) is 24.9 Å². The SMILES string of the molecule is CC(C)NCc1sc(-c2ccc(F)c(Br)c2)nc1C1CC1. The van der Waals surface area contributed by atoms with Crippen molar-refractivity contribution in [1.82, 2.24) is 10.3 Å². The van der Waals surface area contributed by atoms with Gasteiger partial charge in [-0.1, -0.05) is 13.8 Å². The van der Waals surface area contributed by atoms with E-state index in [-0.39, 0.29) is 5.82 Å². The van der Waals surface area contributed by atoms with Crippen molar-refractivity contribution in [3.63, 3.8) is 0 Å². The van der Waals surface area contributed by atoms with E-state index in [1.165, 1.54) is 29.5 Å². The first kappa shape index (κ1) is 15.1. The lowest BCUT2D eigenvalue weighted by Gasteiger charge is -2.07. The van der Waals surface area contributed by atoms with Gasteiger partial charge >= 0.3 is 0 Å². The van der Waals surface area contributed by atoms with E-state index in [9.17, 15) is 4.39 Å². The van der Waals surface area contributed by atoms with Crippen LogP contribution in [0.3, 0.4) is 0 Å². The summed E-state index contributed by atoms with van der Waals surface area (Å²) in [5, 5.41) is 4.46. The first-order chi connectivity index (χ1) is 10.0. The molecule has 3 rings (SSSR count). The maximum atomic E-state index is 13.4. The van der Waals surface area contributed by atoms with Gasteiger partial charge in [0, 0.05) is 28.9 Å². The molecule has 1 saturated carbocycles. The lowest BCUT2D eigenvalue weighted by atomic mass is 10.2. The number of rotatable bonds is 5. The number of hydrogen-bond acceptors (Lipinski definition) is 3. The first-order valence-electron chi connectivity index (χ1n) is 7.23. The zero-order valence-electron chi connectivity index (χ0n) is 12.1. The second kappa shape index (κ2) is 6.15. The predicted octanol–water partition coefficient (Wildman–Crippen LogP) is 5.09. The molecule has 5 heteroatoms. The molecule has 2 aromatic rings. The van der Waals surface area contributed by atoms with E-state index in [2.05, 4.69) is 35.1 Å². The molecule has 0 spiro atoms. The summed E-state index contributed by atoms with van der Waals surface area (Å²) in [6.45, 7) is 5.16. The highest BCUT2D eigenvalue weighted by molar-refractivity contribution is 9.10. The van der Waals surface area contributed by atoms with Gasteiger partial charge in [-0.25, -0.2) is 9.37 Å². The van der Waals surface area contributed by atoms with Crippen LogP contribution in [0.25, 0.3) is 10.6 Å². The molecule has 1 heterocycles. The fourth-order valence-electron chi connectivity index (χ4n) is 2.22. The van der Waals surface area contributed by atoms with E-state index in [0.29, 0.717) is 16.4 Å². The smallest absolute Gasteiger partial charge is 0.137 e. The standard InChI is InChI=1S/C16H18BrFN2S/c1-9(2)19-8-14-15(10-3-4-10)20-16(21-14)11-5-6-13(18)12(17)7-11/h5-7,9-10,19H,3-4,8H2,1-2H3. The Bertz CT molecular complexity index is 650. The zero-order valence-corrected chi connectivity index (χ0v) is 14.5. The van der Waals surface area contributed by atoms with Crippen LogP contribution < -0.4 is 5.32 Å². The Labute approximate surface area is 136 Å². The zero-order chi connectivity index (χ0) is 15.0. The molecule has 1 aromatic heterocycles. The molecule has 0 aliphatic heterocycles. The summed E-state index contributed by atoms with van der Waals surface area (Å²) in [7, 11) is 0. The van der Waals surface area contributed by atoms with Crippen LogP contribution in [0.5, 0.6) is 0 Å². The summed E-state index contributed by atoms with van der Waals surface area (Å²) in [5.41, 5.74) is 2.22. The Morgan fingerprint density at radius 3 is 2.81 bits per heavy atom. The number of aromatic nitrogens is 1. The van der Waals surface area contributed by atoms with Crippen LogP contribution in [-0.2, 0) is 6.54 Å². The Morgan fingerprint density at radius 1 is 1.43 bits per heavy atom. The number of nitrogens with zero attached hydrogens (tertiary/aromatic N) is 1. The van der Waals surface area contributed by atoms with Crippen molar-refractivity contribution in [3.05, 3.63) is 39.1 Å². The Hall–Kier alpha value is -0.780. The van der Waals surface area contributed by atoms with Crippen molar-refractivity contribution >= 4 is 27.3 Å². The molecule has 1 N–H and O–H groups in total. The average molecular weight is 369 g/mol. The molecule has 1 aliphatic carbocycles. The molecular formula is C16H18BrFN2S. The van der Waals surface area contributed by atoms with E-state index in [1.54, 1.807) is 17.4 Å². The Morgan fingerprint density at radius 2 is 2.19 bits per heavy atom. The maximum absolute atomic E-state index is 13.4. The van der Waals surface area contributed by atoms with Crippen LogP contribution in [0, 0.1) is 5.82 Å². The summed E-state index contributed by atoms with van der Waals surface area (Å²) in [4.78, 5) is 6.15. The second-order valence-corrected chi connectivity index (χ2v) is 7.70. The Kier molecular flexibility index (Phi) is 4.43. The Balaban J connectivity index is 1.91. The van der Waals surface area contributed by atoms with Crippen molar-refractivity contribution in [2.45, 2.75) is 45.2 Å². The number of halogens is 2. The van der Waals surface area contributed by atoms with Gasteiger partial charge in [0.25, 0.3) is 0 Å². The van der Waals surface area contributed by atoms with Crippen LogP contribution in [0.2, 0.25) is 0 Å². The van der Waals surface area contributed by atoms with Gasteiger partial charge in [0.05, 0.1) is 10.2 Å². The van der Waals surface area contributed by atoms with Crippen LogP contribution >= 0.6 is 27.3 Å². The summed E-state index contributed by atoms with van der Waals surface area (Å²) >= 11 is 4.97. The van der Waals surface area contributed by atoms with Gasteiger partial charge in [-0.05, 0) is 47.0 Å². The molecule has 0 amide bonds. The lowest BCUT2D eigenvalue weighted by Crippen LogP contribution is -2.21. The van der Waals surface area contributed by atoms with Gasteiger partial charge in [0.1, 0.15) is 10.8 Å². The summed E-state index contributed by atoms with van der Waals surface area (Å²) in [6, 6.07) is 5.56. The fourth-order valence-corrected chi connectivity index (χ4v) is 3.69. The van der Waals surface area contributed by atoms with E-state index in [0.717, 1.165) is 17.1 Å². The summed E-state index contributed by atoms with van der Waals surface area (Å²) < 4.78 is 13.9. The molecule has 21 heavy (non-hydrogen) atoms. The number of thiazole rings is 1. The van der Waals surface area contributed by atoms with E-state index < -0.39 is 0 Å². The van der Waals surface area contributed by atoms with E-state index in [1.807, 2.05) is 6.07 Å². The molecule has 1 aliphatic rings. The molecule has 0 bridgehead atoms. The monoisotopic (exact) mass is 368 g/mol. The molecule has 2 nitrogen and oxygen atoms in total. The third-order valence-electron chi connectivity index (χ3n) is 3.53. The van der Waals surface area contributed by atoms with Crippen molar-refractivity contribution in [2.75, 3.05) is 0 Å². The van der Waals surface area contributed by atoms with Crippen molar-refractivity contribution in [2.24, 2.45) is 0 Å². The molecule has 0 unspecified atom stereocenters. The third-order valence-corrected chi connectivity index (χ3v) is 5.26. The maximum Gasteiger partial charge on any atom is 0.137 e. The summed E-state index contributed by atoms with van der Waals surface area (Å²) in [5.74, 6) is 0.391. The van der Waals surface area contributed by atoms with Gasteiger partial charge in [0.15, 0.2) is 0 Å². The molecule has 0 radical (unpaired) electrons. The van der Waals surface area contributed by atoms with Crippen LogP contribution in [0.1, 0.15) is 43.2 Å². The van der Waals surface area contributed by atoms with Crippen LogP contribution in [0.4, 0.5) is 4.39 Å². The lowest BCUT2D eigenvalue weighted by molar-refractivity contribution is 0.590. The largest absolute Gasteiger partial charge is 0.310 e. The van der Waals surface area contributed by atoms with Crippen molar-refractivity contribution < 1.29 is 4.39 Å². The highest BCUT2D eigenvalue weighted by Gasteiger charge is 2.29. The minimum Gasteiger partial charge on any atom is -0.310 e. The first-order valence-corrected chi connectivity index (χ1v) is 8.84. The van der Waals surface area contributed by atoms with Gasteiger partial charge in [-0.2, -0.15) is 0 Å². The van der Waals surface area contributed by atoms with Crippen LogP contribution in [0.15, 0.2) is 22.7 Å². The van der Waals surface area contributed by atoms with Gasteiger partial charge in [-0.3, -0.25) is 0 Å². The number of benzene rings is 1. The molecule has 1 fully saturated rings. The third kappa shape index (κ3) is 3.52. The van der Waals surface area contributed by atoms with Crippen molar-refractivity contribution in [1.29, 1.82) is 0 Å². The molecule has 0 saturated heterocycles. The fraction of sp³-hybridized carbons (Fsp3) is 0.438. The molecule has 112 valence electrons. The average Bonchev–Trinajstić information content (AvgIpc) is 3.20. The van der Waals surface area contributed by atoms with Gasteiger partial charge in [-0.15, -0.1) is 11.3 Å². The van der Waals surface area contributed by atoms with Gasteiger partial charge < -0.3 is 5.32 Å². The highest BCUT2D eigenvalue weighted by Crippen LogP contribution is 2.44. The number of hydrogen-bond donors (Lipinski definition) is 1. The van der Waals surface area contributed by atoms with E-state index >= 15 is 0 Å². The minimum atomic E-state index is -0.237. The minimum absolute atomic E-state index is 0.237. The number of nitrogens with one attached hydrogen (secondary N) is 1.